The summed E-state index contributed by atoms with van der Waals surface area (Å²) < 4.78 is 2.14. The molecular weight excluding hydrogens is 190 g/mol. The molecule has 0 aliphatic heterocycles. The third-order valence-electron chi connectivity index (χ3n) is 3.31. The van der Waals surface area contributed by atoms with Gasteiger partial charge in [0.1, 0.15) is 12.4 Å². The van der Waals surface area contributed by atoms with Crippen LogP contribution in [-0.4, -0.2) is 19.9 Å². The van der Waals surface area contributed by atoms with E-state index in [0.717, 1.165) is 12.2 Å². The molecular formula is C11H19N3O. The highest BCUT2D eigenvalue weighted by Crippen LogP contribution is 2.39. The van der Waals surface area contributed by atoms with Crippen molar-refractivity contribution in [2.75, 3.05) is 0 Å². The Morgan fingerprint density at radius 2 is 2.07 bits per heavy atom. The minimum absolute atomic E-state index is 0.0106. The first-order valence-corrected chi connectivity index (χ1v) is 5.65. The highest BCUT2D eigenvalue weighted by Gasteiger charge is 2.34. The van der Waals surface area contributed by atoms with E-state index in [2.05, 4.69) is 35.5 Å². The van der Waals surface area contributed by atoms with Crippen molar-refractivity contribution >= 4 is 0 Å². The molecule has 1 N–H and O–H groups in total. The van der Waals surface area contributed by atoms with Crippen LogP contribution >= 0.6 is 0 Å². The zero-order chi connectivity index (χ0) is 11.1. The van der Waals surface area contributed by atoms with E-state index in [1.165, 1.54) is 12.8 Å². The summed E-state index contributed by atoms with van der Waals surface area (Å²) in [5.74, 6) is 1.74. The normalized spacial score (nSPS) is 17.1. The third kappa shape index (κ3) is 1.78. The lowest BCUT2D eigenvalue weighted by atomic mass is 9.89. The molecule has 0 unspecified atom stereocenters. The number of aliphatic hydroxyl groups is 1. The molecule has 84 valence electrons. The number of rotatable bonds is 4. The van der Waals surface area contributed by atoms with Crippen molar-refractivity contribution in [1.29, 1.82) is 0 Å². The zero-order valence-corrected chi connectivity index (χ0v) is 9.69. The van der Waals surface area contributed by atoms with Crippen molar-refractivity contribution in [3.63, 3.8) is 0 Å². The summed E-state index contributed by atoms with van der Waals surface area (Å²) in [5, 5.41) is 17.5. The van der Waals surface area contributed by atoms with Crippen LogP contribution in [0.5, 0.6) is 0 Å². The maximum atomic E-state index is 9.22. The van der Waals surface area contributed by atoms with Crippen LogP contribution in [0.2, 0.25) is 0 Å². The molecule has 0 saturated heterocycles. The van der Waals surface area contributed by atoms with Gasteiger partial charge in [-0.2, -0.15) is 0 Å². The second-order valence-corrected chi connectivity index (χ2v) is 4.94. The smallest absolute Gasteiger partial charge is 0.159 e. The van der Waals surface area contributed by atoms with Gasteiger partial charge in [0, 0.05) is 11.5 Å². The molecule has 15 heavy (non-hydrogen) atoms. The summed E-state index contributed by atoms with van der Waals surface area (Å²) >= 11 is 0. The number of hydrogen-bond acceptors (Lipinski definition) is 3. The van der Waals surface area contributed by atoms with Gasteiger partial charge in [-0.3, -0.25) is 0 Å². The SMILES string of the molecule is CCC(C)(C)c1nnc(CO)n1C1CC1. The number of nitrogens with zero attached hydrogens (tertiary/aromatic N) is 3. The molecule has 4 heteroatoms. The molecule has 1 heterocycles. The van der Waals surface area contributed by atoms with E-state index in [1.54, 1.807) is 0 Å². The Bertz CT molecular complexity index is 353. The number of aliphatic hydroxyl groups excluding tert-OH is 1. The third-order valence-corrected chi connectivity index (χ3v) is 3.31. The molecule has 1 fully saturated rings. The van der Waals surface area contributed by atoms with Gasteiger partial charge in [-0.25, -0.2) is 0 Å². The quantitative estimate of drug-likeness (QED) is 0.822. The molecule has 1 aromatic heterocycles. The van der Waals surface area contributed by atoms with E-state index in [4.69, 9.17) is 0 Å². The number of hydrogen-bond donors (Lipinski definition) is 1. The second kappa shape index (κ2) is 3.59. The average Bonchev–Trinajstić information content (AvgIpc) is 2.97. The van der Waals surface area contributed by atoms with Gasteiger partial charge in [-0.05, 0) is 19.3 Å². The van der Waals surface area contributed by atoms with Crippen LogP contribution in [0.15, 0.2) is 0 Å². The molecule has 2 rings (SSSR count). The molecule has 1 aliphatic carbocycles. The maximum Gasteiger partial charge on any atom is 0.159 e. The van der Waals surface area contributed by atoms with Gasteiger partial charge in [0.25, 0.3) is 0 Å². The van der Waals surface area contributed by atoms with Crippen LogP contribution in [0.3, 0.4) is 0 Å². The Labute approximate surface area is 90.3 Å². The predicted molar refractivity (Wildman–Crippen MR) is 57.5 cm³/mol. The summed E-state index contributed by atoms with van der Waals surface area (Å²) in [7, 11) is 0. The Kier molecular flexibility index (Phi) is 2.54. The van der Waals surface area contributed by atoms with Crippen molar-refractivity contribution in [3.05, 3.63) is 11.6 Å². The van der Waals surface area contributed by atoms with E-state index in [-0.39, 0.29) is 12.0 Å². The van der Waals surface area contributed by atoms with Gasteiger partial charge in [-0.1, -0.05) is 20.8 Å². The van der Waals surface area contributed by atoms with Crippen molar-refractivity contribution in [2.24, 2.45) is 0 Å². The molecule has 0 atom stereocenters. The minimum atomic E-state index is -0.0106. The molecule has 0 spiro atoms. The Hall–Kier alpha value is -0.900. The monoisotopic (exact) mass is 209 g/mol. The van der Waals surface area contributed by atoms with Crippen molar-refractivity contribution < 1.29 is 5.11 Å². The van der Waals surface area contributed by atoms with E-state index in [1.807, 2.05) is 0 Å². The van der Waals surface area contributed by atoms with Crippen LogP contribution in [0.1, 0.15) is 57.7 Å². The topological polar surface area (TPSA) is 50.9 Å². The fourth-order valence-electron chi connectivity index (χ4n) is 1.77. The summed E-state index contributed by atoms with van der Waals surface area (Å²) in [5.41, 5.74) is 0.0447. The fourth-order valence-corrected chi connectivity index (χ4v) is 1.77. The van der Waals surface area contributed by atoms with Gasteiger partial charge in [-0.15, -0.1) is 10.2 Å². The minimum Gasteiger partial charge on any atom is -0.388 e. The van der Waals surface area contributed by atoms with Crippen LogP contribution in [0, 0.1) is 0 Å². The molecule has 4 nitrogen and oxygen atoms in total. The van der Waals surface area contributed by atoms with Gasteiger partial charge < -0.3 is 9.67 Å². The van der Waals surface area contributed by atoms with Gasteiger partial charge in [0.2, 0.25) is 0 Å². The van der Waals surface area contributed by atoms with Crippen molar-refractivity contribution in [1.82, 2.24) is 14.8 Å². The molecule has 0 aromatic carbocycles. The Morgan fingerprint density at radius 1 is 1.40 bits per heavy atom. The summed E-state index contributed by atoms with van der Waals surface area (Å²) in [6.45, 7) is 6.50. The number of aromatic nitrogens is 3. The van der Waals surface area contributed by atoms with Crippen LogP contribution in [-0.2, 0) is 12.0 Å². The lowest BCUT2D eigenvalue weighted by Gasteiger charge is -2.22. The van der Waals surface area contributed by atoms with Crippen LogP contribution < -0.4 is 0 Å². The molecule has 1 aromatic rings. The van der Waals surface area contributed by atoms with Crippen LogP contribution in [0.25, 0.3) is 0 Å². The predicted octanol–water partition coefficient (Wildman–Crippen LogP) is 1.79. The first-order chi connectivity index (χ1) is 7.10. The highest BCUT2D eigenvalue weighted by molar-refractivity contribution is 5.11. The van der Waals surface area contributed by atoms with Gasteiger partial charge >= 0.3 is 0 Å². The summed E-state index contributed by atoms with van der Waals surface area (Å²) in [6, 6.07) is 0.531. The molecule has 1 aliphatic rings. The molecule has 1 saturated carbocycles. The standard InChI is InChI=1S/C11H19N3O/c1-4-11(2,3)10-13-12-9(7-15)14(10)8-5-6-8/h8,15H,4-7H2,1-3H3. The lowest BCUT2D eigenvalue weighted by molar-refractivity contribution is 0.263. The van der Waals surface area contributed by atoms with E-state index >= 15 is 0 Å². The van der Waals surface area contributed by atoms with E-state index < -0.39 is 0 Å². The van der Waals surface area contributed by atoms with E-state index in [0.29, 0.717) is 11.9 Å². The maximum absolute atomic E-state index is 9.22. The largest absolute Gasteiger partial charge is 0.388 e. The van der Waals surface area contributed by atoms with Gasteiger partial charge in [0.15, 0.2) is 5.82 Å². The Balaban J connectivity index is 2.42. The van der Waals surface area contributed by atoms with Crippen molar-refractivity contribution in [2.45, 2.75) is 58.1 Å². The van der Waals surface area contributed by atoms with E-state index in [9.17, 15) is 5.11 Å². The first kappa shape index (κ1) is 10.6. The van der Waals surface area contributed by atoms with Crippen molar-refractivity contribution in [3.8, 4) is 0 Å². The second-order valence-electron chi connectivity index (χ2n) is 4.94. The Morgan fingerprint density at radius 3 is 2.53 bits per heavy atom. The van der Waals surface area contributed by atoms with Crippen LogP contribution in [0.4, 0.5) is 0 Å². The summed E-state index contributed by atoms with van der Waals surface area (Å²) in [4.78, 5) is 0. The van der Waals surface area contributed by atoms with Gasteiger partial charge in [0.05, 0.1) is 0 Å². The lowest BCUT2D eigenvalue weighted by Crippen LogP contribution is -2.22. The zero-order valence-electron chi connectivity index (χ0n) is 9.69. The average molecular weight is 209 g/mol. The molecule has 0 bridgehead atoms. The highest BCUT2D eigenvalue weighted by atomic mass is 16.3. The molecule has 0 radical (unpaired) electrons. The first-order valence-electron chi connectivity index (χ1n) is 5.65. The molecule has 0 amide bonds. The fraction of sp³-hybridized carbons (Fsp3) is 0.818. The summed E-state index contributed by atoms with van der Waals surface area (Å²) in [6.07, 6.45) is 3.42.